The van der Waals surface area contributed by atoms with Crippen LogP contribution in [0.3, 0.4) is 0 Å². The Hall–Kier alpha value is -3.52. The lowest BCUT2D eigenvalue weighted by molar-refractivity contribution is 0.102. The Morgan fingerprint density at radius 3 is 2.71 bits per heavy atom. The van der Waals surface area contributed by atoms with Gasteiger partial charge in [0.15, 0.2) is 5.82 Å². The highest BCUT2D eigenvalue weighted by Gasteiger charge is 2.16. The number of tetrazole rings is 1. The summed E-state index contributed by atoms with van der Waals surface area (Å²) in [6.07, 6.45) is 1.54. The monoisotopic (exact) mass is 393 g/mol. The van der Waals surface area contributed by atoms with Crippen molar-refractivity contribution in [3.05, 3.63) is 71.0 Å². The molecule has 0 atom stereocenters. The lowest BCUT2D eigenvalue weighted by atomic mass is 10.1. The van der Waals surface area contributed by atoms with Crippen LogP contribution in [0.5, 0.6) is 0 Å². The predicted molar refractivity (Wildman–Crippen MR) is 105 cm³/mol. The van der Waals surface area contributed by atoms with Gasteiger partial charge in [0.2, 0.25) is 0 Å². The van der Waals surface area contributed by atoms with Crippen LogP contribution in [-0.4, -0.2) is 35.9 Å². The third-order valence-electron chi connectivity index (χ3n) is 4.31. The molecule has 0 fully saturated rings. The number of rotatable bonds is 4. The van der Waals surface area contributed by atoms with E-state index in [-0.39, 0.29) is 5.91 Å². The number of anilines is 1. The van der Waals surface area contributed by atoms with Crippen LogP contribution in [0.4, 0.5) is 5.69 Å². The summed E-state index contributed by atoms with van der Waals surface area (Å²) in [5.74, 6) is 0.361. The zero-order chi connectivity index (χ0) is 19.7. The molecule has 28 heavy (non-hydrogen) atoms. The number of benzene rings is 2. The molecule has 2 aromatic carbocycles. The van der Waals surface area contributed by atoms with Crippen LogP contribution in [0.15, 0.2) is 54.7 Å². The molecule has 9 heteroatoms. The van der Waals surface area contributed by atoms with Crippen LogP contribution in [-0.2, 0) is 7.05 Å². The van der Waals surface area contributed by atoms with Crippen molar-refractivity contribution in [1.82, 2.24) is 30.0 Å². The van der Waals surface area contributed by atoms with Crippen LogP contribution in [0.25, 0.3) is 17.1 Å². The van der Waals surface area contributed by atoms with Gasteiger partial charge >= 0.3 is 0 Å². The molecule has 0 aliphatic carbocycles. The Morgan fingerprint density at radius 2 is 1.96 bits per heavy atom. The van der Waals surface area contributed by atoms with Crippen molar-refractivity contribution < 1.29 is 4.79 Å². The smallest absolute Gasteiger partial charge is 0.259 e. The summed E-state index contributed by atoms with van der Waals surface area (Å²) in [5, 5.41) is 19.3. The SMILES string of the molecule is Cc1c(C(=O)Nc2cccc(-c3nnnn3C)c2)cnn1-c1cccc(Cl)c1. The van der Waals surface area contributed by atoms with Gasteiger partial charge in [0.05, 0.1) is 23.1 Å². The molecular weight excluding hydrogens is 378 g/mol. The number of hydrogen-bond donors (Lipinski definition) is 1. The second kappa shape index (κ2) is 7.24. The first-order valence-electron chi connectivity index (χ1n) is 8.47. The first kappa shape index (κ1) is 17.9. The first-order chi connectivity index (χ1) is 13.5. The third kappa shape index (κ3) is 3.37. The summed E-state index contributed by atoms with van der Waals surface area (Å²) in [4.78, 5) is 12.8. The summed E-state index contributed by atoms with van der Waals surface area (Å²) in [7, 11) is 1.76. The highest BCUT2D eigenvalue weighted by molar-refractivity contribution is 6.30. The number of carbonyl (C=O) groups excluding carboxylic acids is 1. The number of hydrogen-bond acceptors (Lipinski definition) is 5. The number of nitrogens with zero attached hydrogens (tertiary/aromatic N) is 6. The van der Waals surface area contributed by atoms with Gasteiger partial charge in [-0.3, -0.25) is 4.79 Å². The van der Waals surface area contributed by atoms with Gasteiger partial charge in [0.1, 0.15) is 0 Å². The first-order valence-corrected chi connectivity index (χ1v) is 8.85. The molecule has 0 saturated heterocycles. The molecule has 1 amide bonds. The molecule has 2 aromatic heterocycles. The number of nitrogens with one attached hydrogen (secondary N) is 1. The Labute approximate surface area is 165 Å². The molecule has 0 unspecified atom stereocenters. The number of halogens is 1. The minimum Gasteiger partial charge on any atom is -0.322 e. The molecule has 0 saturated carbocycles. The molecule has 140 valence electrons. The molecule has 4 rings (SSSR count). The maximum Gasteiger partial charge on any atom is 0.259 e. The van der Waals surface area contributed by atoms with Crippen molar-refractivity contribution in [2.45, 2.75) is 6.92 Å². The van der Waals surface area contributed by atoms with Gasteiger partial charge in [0, 0.05) is 23.3 Å². The van der Waals surface area contributed by atoms with E-state index < -0.39 is 0 Å². The van der Waals surface area contributed by atoms with E-state index in [1.807, 2.05) is 43.3 Å². The average Bonchev–Trinajstić information content (AvgIpc) is 3.27. The van der Waals surface area contributed by atoms with Gasteiger partial charge in [-0.2, -0.15) is 5.10 Å². The molecule has 4 aromatic rings. The van der Waals surface area contributed by atoms with Gasteiger partial charge in [-0.15, -0.1) is 5.10 Å². The van der Waals surface area contributed by atoms with Crippen molar-refractivity contribution in [3.8, 4) is 17.1 Å². The van der Waals surface area contributed by atoms with Crippen molar-refractivity contribution in [1.29, 1.82) is 0 Å². The second-order valence-electron chi connectivity index (χ2n) is 6.20. The fraction of sp³-hybridized carbons (Fsp3) is 0.105. The molecule has 1 N–H and O–H groups in total. The van der Waals surface area contributed by atoms with Crippen LogP contribution < -0.4 is 5.32 Å². The van der Waals surface area contributed by atoms with E-state index in [4.69, 9.17) is 11.6 Å². The van der Waals surface area contributed by atoms with Crippen LogP contribution in [0.2, 0.25) is 5.02 Å². The van der Waals surface area contributed by atoms with E-state index in [0.717, 1.165) is 11.3 Å². The van der Waals surface area contributed by atoms with Crippen LogP contribution in [0.1, 0.15) is 16.1 Å². The van der Waals surface area contributed by atoms with E-state index in [1.165, 1.54) is 0 Å². The normalized spacial score (nSPS) is 10.8. The van der Waals surface area contributed by atoms with E-state index in [2.05, 4.69) is 25.9 Å². The van der Waals surface area contributed by atoms with Crippen molar-refractivity contribution >= 4 is 23.2 Å². The Kier molecular flexibility index (Phi) is 4.62. The maximum atomic E-state index is 12.8. The minimum absolute atomic E-state index is 0.251. The number of aryl methyl sites for hydroxylation is 1. The molecule has 0 bridgehead atoms. The largest absolute Gasteiger partial charge is 0.322 e. The highest BCUT2D eigenvalue weighted by Crippen LogP contribution is 2.22. The maximum absolute atomic E-state index is 12.8. The fourth-order valence-electron chi connectivity index (χ4n) is 2.91. The van der Waals surface area contributed by atoms with E-state index in [1.54, 1.807) is 34.7 Å². The van der Waals surface area contributed by atoms with E-state index in [0.29, 0.717) is 27.8 Å². The fourth-order valence-corrected chi connectivity index (χ4v) is 3.09. The third-order valence-corrected chi connectivity index (χ3v) is 4.54. The quantitative estimate of drug-likeness (QED) is 0.574. The second-order valence-corrected chi connectivity index (χ2v) is 6.63. The summed E-state index contributed by atoms with van der Waals surface area (Å²) in [6.45, 7) is 1.84. The average molecular weight is 394 g/mol. The van der Waals surface area contributed by atoms with Gasteiger partial charge in [0.25, 0.3) is 5.91 Å². The Morgan fingerprint density at radius 1 is 1.14 bits per heavy atom. The lowest BCUT2D eigenvalue weighted by Crippen LogP contribution is -2.13. The van der Waals surface area contributed by atoms with E-state index in [9.17, 15) is 4.79 Å². The zero-order valence-electron chi connectivity index (χ0n) is 15.2. The minimum atomic E-state index is -0.251. The Balaban J connectivity index is 1.59. The van der Waals surface area contributed by atoms with Crippen molar-refractivity contribution in [3.63, 3.8) is 0 Å². The molecule has 0 aliphatic rings. The number of amides is 1. The predicted octanol–water partition coefficient (Wildman–Crippen LogP) is 3.28. The standard InChI is InChI=1S/C19H16ClN7O/c1-12-17(11-21-27(12)16-8-4-6-14(20)10-16)19(28)22-15-7-3-5-13(9-15)18-23-24-25-26(18)2/h3-11H,1-2H3,(H,22,28). The Bertz CT molecular complexity index is 1160. The summed E-state index contributed by atoms with van der Waals surface area (Å²) in [5.41, 5.74) is 3.43. The summed E-state index contributed by atoms with van der Waals surface area (Å²) < 4.78 is 3.25. The highest BCUT2D eigenvalue weighted by atomic mass is 35.5. The van der Waals surface area contributed by atoms with Crippen molar-refractivity contribution in [2.75, 3.05) is 5.32 Å². The summed E-state index contributed by atoms with van der Waals surface area (Å²) >= 11 is 6.06. The number of carbonyl (C=O) groups is 1. The molecule has 2 heterocycles. The molecular formula is C19H16ClN7O. The lowest BCUT2D eigenvalue weighted by Gasteiger charge is -2.08. The van der Waals surface area contributed by atoms with Crippen molar-refractivity contribution in [2.24, 2.45) is 7.05 Å². The zero-order valence-corrected chi connectivity index (χ0v) is 15.9. The van der Waals surface area contributed by atoms with Gasteiger partial charge < -0.3 is 5.32 Å². The van der Waals surface area contributed by atoms with Crippen LogP contribution in [0, 0.1) is 6.92 Å². The summed E-state index contributed by atoms with van der Waals surface area (Å²) in [6, 6.07) is 14.6. The van der Waals surface area contributed by atoms with E-state index >= 15 is 0 Å². The number of aromatic nitrogens is 6. The molecule has 8 nitrogen and oxygen atoms in total. The topological polar surface area (TPSA) is 90.5 Å². The molecule has 0 spiro atoms. The van der Waals surface area contributed by atoms with Crippen LogP contribution >= 0.6 is 11.6 Å². The molecule has 0 radical (unpaired) electrons. The van der Waals surface area contributed by atoms with Gasteiger partial charge in [-0.25, -0.2) is 9.36 Å². The van der Waals surface area contributed by atoms with Gasteiger partial charge in [-0.05, 0) is 47.7 Å². The molecule has 0 aliphatic heterocycles. The van der Waals surface area contributed by atoms with Gasteiger partial charge in [-0.1, -0.05) is 29.8 Å².